The standard InChI is InChI=1S/C25H45NO2.BrH/c1-2-3-4-5-6-7-8-9-10-11-12-13-14-15-16-17-18-19-24-28-26-22-20-25(27)21-23-26;/h20-23H,2-19,24H2,1H3;1H. The van der Waals surface area contributed by atoms with Crippen LogP contribution in [0.3, 0.4) is 0 Å². The van der Waals surface area contributed by atoms with Gasteiger partial charge in [-0.3, -0.25) is 4.79 Å². The minimum Gasteiger partial charge on any atom is -0.414 e. The first kappa shape index (κ1) is 28.2. The van der Waals surface area contributed by atoms with Gasteiger partial charge in [-0.05, 0) is 12.8 Å². The Hall–Kier alpha value is -0.770. The van der Waals surface area contributed by atoms with Crippen LogP contribution in [0.1, 0.15) is 122 Å². The van der Waals surface area contributed by atoms with Gasteiger partial charge in [0.25, 0.3) is 0 Å². The van der Waals surface area contributed by atoms with Crippen LogP contribution >= 0.6 is 17.0 Å². The van der Waals surface area contributed by atoms with E-state index in [1.807, 2.05) is 0 Å². The molecule has 0 spiro atoms. The van der Waals surface area contributed by atoms with Crippen LogP contribution in [0.25, 0.3) is 0 Å². The van der Waals surface area contributed by atoms with E-state index < -0.39 is 0 Å². The summed E-state index contributed by atoms with van der Waals surface area (Å²) in [5.41, 5.74) is 0.0213. The maximum Gasteiger partial charge on any atom is 0.181 e. The molecule has 0 unspecified atom stereocenters. The fourth-order valence-electron chi connectivity index (χ4n) is 3.66. The predicted octanol–water partition coefficient (Wildman–Crippen LogP) is 7.90. The molecule has 1 aromatic rings. The molecule has 1 rings (SSSR count). The maximum atomic E-state index is 11.0. The van der Waals surface area contributed by atoms with E-state index in [0.29, 0.717) is 0 Å². The van der Waals surface area contributed by atoms with E-state index >= 15 is 0 Å². The van der Waals surface area contributed by atoms with Crippen molar-refractivity contribution < 1.29 is 4.84 Å². The highest BCUT2D eigenvalue weighted by molar-refractivity contribution is 8.93. The molecule has 0 radical (unpaired) electrons. The Morgan fingerprint density at radius 2 is 0.966 bits per heavy atom. The maximum absolute atomic E-state index is 11.0. The third kappa shape index (κ3) is 19.0. The second-order valence-electron chi connectivity index (χ2n) is 8.24. The van der Waals surface area contributed by atoms with Crippen LogP contribution in [0.5, 0.6) is 0 Å². The van der Waals surface area contributed by atoms with E-state index in [9.17, 15) is 4.79 Å². The van der Waals surface area contributed by atoms with Gasteiger partial charge in [0.2, 0.25) is 0 Å². The van der Waals surface area contributed by atoms with Crippen molar-refractivity contribution in [2.75, 3.05) is 6.61 Å². The lowest BCUT2D eigenvalue weighted by atomic mass is 10.0. The Morgan fingerprint density at radius 3 is 1.34 bits per heavy atom. The van der Waals surface area contributed by atoms with Gasteiger partial charge in [-0.25, -0.2) is 0 Å². The van der Waals surface area contributed by atoms with Gasteiger partial charge in [-0.1, -0.05) is 110 Å². The molecular formula is C25H46BrNO2. The van der Waals surface area contributed by atoms with Gasteiger partial charge in [-0.15, -0.1) is 17.0 Å². The number of hydrogen-bond acceptors (Lipinski definition) is 2. The van der Waals surface area contributed by atoms with E-state index in [0.717, 1.165) is 13.0 Å². The Morgan fingerprint density at radius 1 is 0.621 bits per heavy atom. The highest BCUT2D eigenvalue weighted by Gasteiger charge is 1.96. The summed E-state index contributed by atoms with van der Waals surface area (Å²) in [5.74, 6) is 0. The van der Waals surface area contributed by atoms with Crippen LogP contribution < -0.4 is 10.3 Å². The number of hydrogen-bond donors (Lipinski definition) is 0. The lowest BCUT2D eigenvalue weighted by Crippen LogP contribution is -2.14. The summed E-state index contributed by atoms with van der Waals surface area (Å²) in [6, 6.07) is 3.05. The van der Waals surface area contributed by atoms with Gasteiger partial charge in [0.05, 0.1) is 0 Å². The highest BCUT2D eigenvalue weighted by Crippen LogP contribution is 2.14. The van der Waals surface area contributed by atoms with Crippen molar-refractivity contribution in [1.29, 1.82) is 0 Å². The first-order valence-electron chi connectivity index (χ1n) is 12.1. The summed E-state index contributed by atoms with van der Waals surface area (Å²) in [6.07, 6.45) is 28.4. The lowest BCUT2D eigenvalue weighted by molar-refractivity contribution is 0.105. The van der Waals surface area contributed by atoms with Gasteiger partial charge < -0.3 is 4.84 Å². The highest BCUT2D eigenvalue weighted by atomic mass is 79.9. The molecule has 170 valence electrons. The van der Waals surface area contributed by atoms with Gasteiger partial charge in [0.1, 0.15) is 6.61 Å². The minimum absolute atomic E-state index is 0. The average Bonchev–Trinajstić information content (AvgIpc) is 2.71. The fraction of sp³-hybridized carbons (Fsp3) is 0.800. The van der Waals surface area contributed by atoms with Crippen LogP contribution in [-0.2, 0) is 0 Å². The SMILES string of the molecule is Br.CCCCCCCCCCCCCCCCCCCCOn1ccc(=O)cc1. The summed E-state index contributed by atoms with van der Waals surface area (Å²) in [5, 5.41) is 0. The Labute approximate surface area is 190 Å². The zero-order chi connectivity index (χ0) is 20.1. The Kier molecular flexibility index (Phi) is 21.3. The van der Waals surface area contributed by atoms with E-state index in [-0.39, 0.29) is 22.4 Å². The monoisotopic (exact) mass is 471 g/mol. The molecule has 0 saturated carbocycles. The minimum atomic E-state index is 0. The van der Waals surface area contributed by atoms with Crippen LogP contribution in [0, 0.1) is 0 Å². The first-order chi connectivity index (χ1) is 13.8. The van der Waals surface area contributed by atoms with Crippen LogP contribution in [0.15, 0.2) is 29.3 Å². The van der Waals surface area contributed by atoms with E-state index in [1.54, 1.807) is 17.1 Å². The quantitative estimate of drug-likeness (QED) is 0.181. The van der Waals surface area contributed by atoms with Gasteiger partial charge >= 0.3 is 0 Å². The second-order valence-corrected chi connectivity index (χ2v) is 8.24. The molecule has 0 fully saturated rings. The molecule has 4 heteroatoms. The topological polar surface area (TPSA) is 31.2 Å². The number of halogens is 1. The summed E-state index contributed by atoms with van der Waals surface area (Å²) in [7, 11) is 0. The van der Waals surface area contributed by atoms with Gasteiger partial charge in [-0.2, -0.15) is 4.73 Å². The number of nitrogens with zero attached hydrogens (tertiary/aromatic N) is 1. The summed E-state index contributed by atoms with van der Waals surface area (Å²) in [6.45, 7) is 3.01. The zero-order valence-corrected chi connectivity index (χ0v) is 20.6. The van der Waals surface area contributed by atoms with Crippen molar-refractivity contribution in [3.05, 3.63) is 34.7 Å². The molecule has 1 heterocycles. The number of pyridine rings is 1. The normalized spacial score (nSPS) is 10.7. The molecule has 0 aliphatic rings. The largest absolute Gasteiger partial charge is 0.414 e. The molecule has 0 aliphatic carbocycles. The number of rotatable bonds is 20. The smallest absolute Gasteiger partial charge is 0.181 e. The van der Waals surface area contributed by atoms with Crippen molar-refractivity contribution in [2.24, 2.45) is 0 Å². The van der Waals surface area contributed by atoms with Crippen molar-refractivity contribution in [3.8, 4) is 0 Å². The number of unbranched alkanes of at least 4 members (excludes halogenated alkanes) is 17. The van der Waals surface area contributed by atoms with Gasteiger partial charge in [0.15, 0.2) is 5.43 Å². The predicted molar refractivity (Wildman–Crippen MR) is 131 cm³/mol. The molecule has 0 N–H and O–H groups in total. The van der Waals surface area contributed by atoms with E-state index in [2.05, 4.69) is 6.92 Å². The fourth-order valence-corrected chi connectivity index (χ4v) is 3.66. The Balaban J connectivity index is 0.00000784. The summed E-state index contributed by atoms with van der Waals surface area (Å²) in [4.78, 5) is 16.6. The molecule has 0 bridgehead atoms. The van der Waals surface area contributed by atoms with Crippen LogP contribution in [0.4, 0.5) is 0 Å². The average molecular weight is 473 g/mol. The Bertz CT molecular complexity index is 483. The first-order valence-corrected chi connectivity index (χ1v) is 12.1. The zero-order valence-electron chi connectivity index (χ0n) is 18.9. The summed E-state index contributed by atoms with van der Waals surface area (Å²) < 4.78 is 1.62. The van der Waals surface area contributed by atoms with E-state index in [1.165, 1.54) is 121 Å². The molecular weight excluding hydrogens is 426 g/mol. The molecule has 0 amide bonds. The van der Waals surface area contributed by atoms with Crippen molar-refractivity contribution in [3.63, 3.8) is 0 Å². The van der Waals surface area contributed by atoms with Gasteiger partial charge in [0, 0.05) is 24.5 Å². The van der Waals surface area contributed by atoms with Crippen LogP contribution in [0.2, 0.25) is 0 Å². The molecule has 29 heavy (non-hydrogen) atoms. The molecule has 3 nitrogen and oxygen atoms in total. The van der Waals surface area contributed by atoms with Crippen molar-refractivity contribution >= 4 is 17.0 Å². The summed E-state index contributed by atoms with van der Waals surface area (Å²) >= 11 is 0. The molecule has 0 saturated heterocycles. The van der Waals surface area contributed by atoms with Crippen molar-refractivity contribution in [2.45, 2.75) is 122 Å². The molecule has 0 aromatic carbocycles. The van der Waals surface area contributed by atoms with Crippen molar-refractivity contribution in [1.82, 2.24) is 4.73 Å². The molecule has 1 aromatic heterocycles. The second kappa shape index (κ2) is 21.9. The number of aromatic nitrogens is 1. The molecule has 0 aliphatic heterocycles. The third-order valence-corrected chi connectivity index (χ3v) is 5.51. The molecule has 0 atom stereocenters. The van der Waals surface area contributed by atoms with Crippen LogP contribution in [-0.4, -0.2) is 11.3 Å². The van der Waals surface area contributed by atoms with E-state index in [4.69, 9.17) is 4.84 Å². The third-order valence-electron chi connectivity index (χ3n) is 5.51. The lowest BCUT2D eigenvalue weighted by Gasteiger charge is -2.08.